The number of hydrogen-bond acceptors (Lipinski definition) is 3. The summed E-state index contributed by atoms with van der Waals surface area (Å²) in [7, 11) is 0. The van der Waals surface area contributed by atoms with Crippen LogP contribution in [0.3, 0.4) is 0 Å². The van der Waals surface area contributed by atoms with Crippen LogP contribution in [0.25, 0.3) is 21.5 Å². The number of unbranched alkanes of at least 4 members (excludes halogenated alkanes) is 10. The molecule has 0 amide bonds. The number of nitrogens with zero attached hydrogens (tertiary/aromatic N) is 2. The fourth-order valence-electron chi connectivity index (χ4n) is 5.69. The van der Waals surface area contributed by atoms with Gasteiger partial charge in [-0.15, -0.1) is 0 Å². The maximum Gasteiger partial charge on any atom is 0.338 e. The monoisotopic (exact) mass is 524 g/mol. The summed E-state index contributed by atoms with van der Waals surface area (Å²) in [5.41, 5.74) is 4.39. The molecule has 2 aromatic carbocycles. The molecule has 0 spiro atoms. The third kappa shape index (κ3) is 8.31. The SMILES string of the molecule is [C-]#[N+]/C(C#N)=C1\c2ccccc2-c2c(C(=O)OCC(CCCCCCCC)CCCCCCCC)cccc21. The zero-order valence-electron chi connectivity index (χ0n) is 23.9. The van der Waals surface area contributed by atoms with Gasteiger partial charge in [-0.3, -0.25) is 0 Å². The Hall–Kier alpha value is -3.37. The number of carbonyl (C=O) groups is 1. The highest BCUT2D eigenvalue weighted by molar-refractivity contribution is 6.10. The molecule has 0 N–H and O–H groups in total. The van der Waals surface area contributed by atoms with Crippen molar-refractivity contribution in [2.45, 2.75) is 104 Å². The van der Waals surface area contributed by atoms with Crippen molar-refractivity contribution in [1.29, 1.82) is 5.26 Å². The van der Waals surface area contributed by atoms with Crippen LogP contribution in [0, 0.1) is 23.8 Å². The highest BCUT2D eigenvalue weighted by Gasteiger charge is 2.30. The van der Waals surface area contributed by atoms with E-state index in [4.69, 9.17) is 11.3 Å². The standard InChI is InChI=1S/C35H44N2O2/c1-4-6-8-10-12-14-19-27(20-15-13-11-9-7-5-2)26-39-35(38)31-24-18-23-30-33(31)28-21-16-17-22-29(28)34(30)32(25-36)37-3/h16-18,21-24,27H,4-15,19-20,26H2,1-2H3/b34-32+. The molecule has 0 fully saturated rings. The second-order valence-corrected chi connectivity index (χ2v) is 10.8. The molecule has 0 bridgehead atoms. The summed E-state index contributed by atoms with van der Waals surface area (Å²) < 4.78 is 5.99. The smallest absolute Gasteiger partial charge is 0.338 e. The quantitative estimate of drug-likeness (QED) is 0.0764. The molecule has 2 aromatic rings. The van der Waals surface area contributed by atoms with E-state index in [2.05, 4.69) is 18.7 Å². The molecule has 1 aliphatic carbocycles. The van der Waals surface area contributed by atoms with Gasteiger partial charge in [0.2, 0.25) is 0 Å². The Labute approximate surface area is 235 Å². The second-order valence-electron chi connectivity index (χ2n) is 10.8. The van der Waals surface area contributed by atoms with Crippen LogP contribution < -0.4 is 0 Å². The maximum atomic E-state index is 13.5. The third-order valence-electron chi connectivity index (χ3n) is 7.86. The van der Waals surface area contributed by atoms with Gasteiger partial charge in [0, 0.05) is 11.1 Å². The summed E-state index contributed by atoms with van der Waals surface area (Å²) in [5.74, 6) is 0.0678. The topological polar surface area (TPSA) is 54.5 Å². The summed E-state index contributed by atoms with van der Waals surface area (Å²) in [4.78, 5) is 16.9. The van der Waals surface area contributed by atoms with E-state index in [1.54, 1.807) is 6.07 Å². The minimum atomic E-state index is -0.319. The van der Waals surface area contributed by atoms with Gasteiger partial charge in [-0.05, 0) is 41.5 Å². The molecule has 0 saturated carbocycles. The Morgan fingerprint density at radius 2 is 1.38 bits per heavy atom. The Bertz CT molecular complexity index is 1170. The van der Waals surface area contributed by atoms with Gasteiger partial charge in [-0.2, -0.15) is 0 Å². The van der Waals surface area contributed by atoms with Crippen molar-refractivity contribution in [2.24, 2.45) is 5.92 Å². The first kappa shape index (κ1) is 30.2. The molecular formula is C35H44N2O2. The van der Waals surface area contributed by atoms with Crippen molar-refractivity contribution < 1.29 is 9.53 Å². The van der Waals surface area contributed by atoms with Gasteiger partial charge in [-0.1, -0.05) is 127 Å². The number of fused-ring (bicyclic) bond motifs is 3. The number of carbonyl (C=O) groups excluding carboxylic acids is 1. The van der Waals surface area contributed by atoms with E-state index in [1.807, 2.05) is 42.5 Å². The number of hydrogen-bond donors (Lipinski definition) is 0. The predicted molar refractivity (Wildman–Crippen MR) is 160 cm³/mol. The highest BCUT2D eigenvalue weighted by Crippen LogP contribution is 2.47. The Morgan fingerprint density at radius 3 is 1.97 bits per heavy atom. The lowest BCUT2D eigenvalue weighted by Crippen LogP contribution is -2.15. The van der Waals surface area contributed by atoms with Crippen LogP contribution >= 0.6 is 0 Å². The molecule has 0 atom stereocenters. The number of nitriles is 1. The predicted octanol–water partition coefficient (Wildman–Crippen LogP) is 10.1. The molecule has 0 aliphatic heterocycles. The number of rotatable bonds is 17. The second kappa shape index (κ2) is 16.6. The zero-order valence-corrected chi connectivity index (χ0v) is 23.9. The van der Waals surface area contributed by atoms with Gasteiger partial charge >= 0.3 is 5.97 Å². The molecular weight excluding hydrogens is 480 g/mol. The fraction of sp³-hybridized carbons (Fsp3) is 0.514. The van der Waals surface area contributed by atoms with Crippen LogP contribution in [-0.2, 0) is 4.74 Å². The maximum absolute atomic E-state index is 13.5. The van der Waals surface area contributed by atoms with Gasteiger partial charge in [0.15, 0.2) is 0 Å². The van der Waals surface area contributed by atoms with Gasteiger partial charge in [0.05, 0.1) is 24.8 Å². The lowest BCUT2D eigenvalue weighted by atomic mass is 9.94. The van der Waals surface area contributed by atoms with Gasteiger partial charge in [0.1, 0.15) is 0 Å². The van der Waals surface area contributed by atoms with E-state index >= 15 is 0 Å². The van der Waals surface area contributed by atoms with E-state index in [0.29, 0.717) is 23.7 Å². The fourth-order valence-corrected chi connectivity index (χ4v) is 5.69. The molecule has 0 radical (unpaired) electrons. The van der Waals surface area contributed by atoms with E-state index in [9.17, 15) is 10.1 Å². The van der Waals surface area contributed by atoms with E-state index < -0.39 is 0 Å². The zero-order chi connectivity index (χ0) is 27.9. The first-order valence-electron chi connectivity index (χ1n) is 15.1. The number of ether oxygens (including phenoxy) is 1. The van der Waals surface area contributed by atoms with E-state index in [1.165, 1.54) is 77.0 Å². The summed E-state index contributed by atoms with van der Waals surface area (Å²) in [6, 6.07) is 15.3. The number of benzene rings is 2. The molecule has 0 aromatic heterocycles. The van der Waals surface area contributed by atoms with Crippen molar-refractivity contribution in [3.63, 3.8) is 0 Å². The number of esters is 1. The van der Waals surface area contributed by atoms with Crippen molar-refractivity contribution >= 4 is 11.5 Å². The van der Waals surface area contributed by atoms with Gasteiger partial charge in [-0.25, -0.2) is 14.9 Å². The largest absolute Gasteiger partial charge is 0.462 e. The van der Waals surface area contributed by atoms with Crippen LogP contribution in [0.1, 0.15) is 125 Å². The highest BCUT2D eigenvalue weighted by atomic mass is 16.5. The molecule has 0 saturated heterocycles. The Morgan fingerprint density at radius 1 is 0.821 bits per heavy atom. The van der Waals surface area contributed by atoms with Crippen LogP contribution in [0.5, 0.6) is 0 Å². The number of allylic oxidation sites excluding steroid dienone is 1. The van der Waals surface area contributed by atoms with E-state index in [-0.39, 0.29) is 11.7 Å². The average molecular weight is 525 g/mol. The molecule has 39 heavy (non-hydrogen) atoms. The molecule has 4 heteroatoms. The normalized spacial score (nSPS) is 12.9. The summed E-state index contributed by atoms with van der Waals surface area (Å²) in [6.07, 6.45) is 17.4. The van der Waals surface area contributed by atoms with Crippen molar-refractivity contribution in [3.8, 4) is 17.2 Å². The van der Waals surface area contributed by atoms with Crippen LogP contribution in [0.4, 0.5) is 0 Å². The van der Waals surface area contributed by atoms with Gasteiger partial charge in [0.25, 0.3) is 5.70 Å². The molecule has 4 nitrogen and oxygen atoms in total. The minimum absolute atomic E-state index is 0.0460. The van der Waals surface area contributed by atoms with Crippen molar-refractivity contribution in [2.75, 3.05) is 6.61 Å². The van der Waals surface area contributed by atoms with Crippen LogP contribution in [0.2, 0.25) is 0 Å². The molecule has 0 unspecified atom stereocenters. The average Bonchev–Trinajstić information content (AvgIpc) is 3.30. The Balaban J connectivity index is 1.71. The summed E-state index contributed by atoms with van der Waals surface area (Å²) in [5, 5.41) is 9.61. The van der Waals surface area contributed by atoms with E-state index in [0.717, 1.165) is 35.1 Å². The molecule has 3 rings (SSSR count). The van der Waals surface area contributed by atoms with Crippen LogP contribution in [0.15, 0.2) is 48.2 Å². The lowest BCUT2D eigenvalue weighted by Gasteiger charge is -2.18. The van der Waals surface area contributed by atoms with Crippen molar-refractivity contribution in [3.05, 3.63) is 76.3 Å². The minimum Gasteiger partial charge on any atom is -0.462 e. The Kier molecular flexibility index (Phi) is 12.8. The molecule has 1 aliphatic rings. The summed E-state index contributed by atoms with van der Waals surface area (Å²) >= 11 is 0. The lowest BCUT2D eigenvalue weighted by molar-refractivity contribution is 0.0423. The third-order valence-corrected chi connectivity index (χ3v) is 7.86. The first-order valence-corrected chi connectivity index (χ1v) is 15.1. The van der Waals surface area contributed by atoms with Gasteiger partial charge < -0.3 is 4.74 Å². The van der Waals surface area contributed by atoms with Crippen molar-refractivity contribution in [1.82, 2.24) is 0 Å². The molecule has 0 heterocycles. The first-order chi connectivity index (χ1) is 19.2. The molecule has 206 valence electrons. The van der Waals surface area contributed by atoms with Crippen LogP contribution in [-0.4, -0.2) is 12.6 Å². The summed E-state index contributed by atoms with van der Waals surface area (Å²) in [6.45, 7) is 12.5.